The van der Waals surface area contributed by atoms with E-state index in [0.717, 1.165) is 12.1 Å². The predicted molar refractivity (Wildman–Crippen MR) is 70.2 cm³/mol. The average Bonchev–Trinajstić information content (AvgIpc) is 2.88. The molecule has 0 radical (unpaired) electrons. The number of benzene rings is 1. The van der Waals surface area contributed by atoms with Crippen molar-refractivity contribution in [1.82, 2.24) is 9.46 Å². The van der Waals surface area contributed by atoms with E-state index >= 15 is 0 Å². The van der Waals surface area contributed by atoms with E-state index in [1.54, 1.807) is 0 Å². The van der Waals surface area contributed by atoms with Gasteiger partial charge in [0.25, 0.3) is 22.2 Å². The molecule has 0 spiro atoms. The highest BCUT2D eigenvalue weighted by atomic mass is 16.7. The molecule has 0 fully saturated rings. The highest BCUT2D eigenvalue weighted by molar-refractivity contribution is 5.97. The first-order valence-corrected chi connectivity index (χ1v) is 5.67. The van der Waals surface area contributed by atoms with E-state index in [1.807, 2.05) is 0 Å². The largest absolute Gasteiger partial charge is 0.333 e. The summed E-state index contributed by atoms with van der Waals surface area (Å²) < 4.78 is 0.420. The molecule has 0 aliphatic heterocycles. The lowest BCUT2D eigenvalue weighted by Gasteiger charge is -1.90. The van der Waals surface area contributed by atoms with Crippen molar-refractivity contribution in [2.45, 2.75) is 0 Å². The maximum atomic E-state index is 11.9. The number of carbonyl (C=O) groups excluding carboxylic acids is 2. The van der Waals surface area contributed by atoms with Gasteiger partial charge in [0.05, 0.1) is 21.5 Å². The molecule has 1 aromatic carbocycles. The van der Waals surface area contributed by atoms with Crippen molar-refractivity contribution in [2.75, 3.05) is 0 Å². The van der Waals surface area contributed by atoms with E-state index in [-0.39, 0.29) is 44.0 Å². The molecule has 10 heteroatoms. The molecule has 2 aromatic heterocycles. The van der Waals surface area contributed by atoms with Gasteiger partial charge in [-0.1, -0.05) is 9.46 Å². The van der Waals surface area contributed by atoms with Gasteiger partial charge in [0.2, 0.25) is 0 Å². The van der Waals surface area contributed by atoms with Gasteiger partial charge in [-0.15, -0.1) is 0 Å². The highest BCUT2D eigenvalue weighted by Gasteiger charge is 2.20. The van der Waals surface area contributed by atoms with Crippen molar-refractivity contribution in [1.29, 1.82) is 0 Å². The molecule has 10 nitrogen and oxygen atoms in total. The van der Waals surface area contributed by atoms with Crippen LogP contribution in [0.4, 0.5) is 0 Å². The van der Waals surface area contributed by atoms with Gasteiger partial charge in [0.1, 0.15) is 0 Å². The van der Waals surface area contributed by atoms with Crippen LogP contribution in [0, 0.1) is 0 Å². The number of nitrogens with zero attached hydrogens (tertiary/aromatic N) is 2. The molecular weight excluding hydrogens is 300 g/mol. The number of rotatable bonds is 4. The first-order valence-electron chi connectivity index (χ1n) is 5.67. The van der Waals surface area contributed by atoms with E-state index < -0.39 is 22.2 Å². The Bertz CT molecular complexity index is 976. The van der Waals surface area contributed by atoms with Crippen molar-refractivity contribution < 1.29 is 19.3 Å². The zero-order valence-electron chi connectivity index (χ0n) is 10.5. The Hall–Kier alpha value is -3.56. The van der Waals surface area contributed by atoms with E-state index in [9.17, 15) is 28.8 Å². The number of aromatic nitrogens is 2. The second kappa shape index (κ2) is 4.48. The van der Waals surface area contributed by atoms with Crippen LogP contribution in [0.2, 0.25) is 0 Å². The van der Waals surface area contributed by atoms with E-state index in [4.69, 9.17) is 0 Å². The second-order valence-corrected chi connectivity index (χ2v) is 4.16. The minimum atomic E-state index is -0.954. The smallest absolute Gasteiger partial charge is 0.321 e. The number of carbonyl (C=O) groups is 2. The lowest BCUT2D eigenvalue weighted by molar-refractivity contribution is -0.130. The maximum absolute atomic E-state index is 11.9. The molecular formula is C12H4N2O8. The first-order chi connectivity index (χ1) is 10.5. The van der Waals surface area contributed by atoms with Crippen LogP contribution in [0.1, 0.15) is 0 Å². The molecule has 0 unspecified atom stereocenters. The fraction of sp³-hybridized carbons (Fsp3) is 0. The van der Waals surface area contributed by atoms with Crippen LogP contribution in [0.15, 0.2) is 31.3 Å². The van der Waals surface area contributed by atoms with Gasteiger partial charge in [0.15, 0.2) is 0 Å². The first kappa shape index (κ1) is 13.4. The van der Waals surface area contributed by atoms with Crippen molar-refractivity contribution >= 4 is 34.5 Å². The molecule has 0 aliphatic carbocycles. The fourth-order valence-corrected chi connectivity index (χ4v) is 2.21. The summed E-state index contributed by atoms with van der Waals surface area (Å²) in [7, 11) is 0. The molecule has 0 saturated carbocycles. The molecule has 2 heterocycles. The van der Waals surface area contributed by atoms with E-state index in [2.05, 4.69) is 9.68 Å². The van der Waals surface area contributed by atoms with Crippen molar-refractivity contribution in [3.63, 3.8) is 0 Å². The Balaban J connectivity index is 2.52. The maximum Gasteiger partial charge on any atom is 0.321 e. The van der Waals surface area contributed by atoms with Gasteiger partial charge in [-0.05, 0) is 12.1 Å². The third-order valence-electron chi connectivity index (χ3n) is 3.11. The molecule has 0 N–H and O–H groups in total. The Morgan fingerprint density at radius 2 is 0.909 bits per heavy atom. The molecule has 0 bridgehead atoms. The topological polar surface area (TPSA) is 131 Å². The Labute approximate surface area is 117 Å². The van der Waals surface area contributed by atoms with Crippen LogP contribution in [-0.4, -0.2) is 22.4 Å². The number of fused-ring (bicyclic) bond motifs is 2. The summed E-state index contributed by atoms with van der Waals surface area (Å²) in [4.78, 5) is 76.8. The predicted octanol–water partition coefficient (Wildman–Crippen LogP) is -2.92. The summed E-state index contributed by atoms with van der Waals surface area (Å²) >= 11 is 0. The fourth-order valence-electron chi connectivity index (χ4n) is 2.21. The van der Waals surface area contributed by atoms with Crippen LogP contribution in [0.25, 0.3) is 21.5 Å². The second-order valence-electron chi connectivity index (χ2n) is 4.16. The zero-order chi connectivity index (χ0) is 16.0. The molecule has 3 aromatic rings. The third kappa shape index (κ3) is 1.54. The van der Waals surface area contributed by atoms with Gasteiger partial charge in [-0.2, -0.15) is 0 Å². The summed E-state index contributed by atoms with van der Waals surface area (Å²) in [6.45, 7) is -0.212. The minimum Gasteiger partial charge on any atom is -0.333 e. The Morgan fingerprint density at radius 3 is 1.14 bits per heavy atom. The summed E-state index contributed by atoms with van der Waals surface area (Å²) in [6, 6.07) is 2.01. The van der Waals surface area contributed by atoms with Crippen molar-refractivity contribution in [2.24, 2.45) is 0 Å². The molecule has 0 amide bonds. The Kier molecular flexibility index (Phi) is 2.73. The Morgan fingerprint density at radius 1 is 0.636 bits per heavy atom. The van der Waals surface area contributed by atoms with Crippen LogP contribution in [-0.2, 0) is 9.59 Å². The molecule has 0 aliphatic rings. The van der Waals surface area contributed by atoms with E-state index in [0.29, 0.717) is 0 Å². The van der Waals surface area contributed by atoms with E-state index in [1.165, 1.54) is 0 Å². The van der Waals surface area contributed by atoms with Gasteiger partial charge in [-0.25, -0.2) is 0 Å². The van der Waals surface area contributed by atoms with Crippen LogP contribution < -0.4 is 31.9 Å². The van der Waals surface area contributed by atoms with Crippen LogP contribution in [0.5, 0.6) is 0 Å². The normalized spacial score (nSPS) is 10.9. The molecule has 0 saturated heterocycles. The number of hydrogen-bond acceptors (Lipinski definition) is 8. The summed E-state index contributed by atoms with van der Waals surface area (Å²) in [5.41, 5.74) is -3.82. The highest BCUT2D eigenvalue weighted by Crippen LogP contribution is 2.13. The SMILES string of the molecule is O=COn1c(=O)c2cc3c(=O)n(OC=O)c(=O)c3cc2c1=O. The lowest BCUT2D eigenvalue weighted by Crippen LogP contribution is -2.32. The number of hydrogen-bond donors (Lipinski definition) is 0. The average molecular weight is 304 g/mol. The van der Waals surface area contributed by atoms with Gasteiger partial charge >= 0.3 is 12.9 Å². The van der Waals surface area contributed by atoms with Gasteiger partial charge in [0, 0.05) is 0 Å². The van der Waals surface area contributed by atoms with Crippen LogP contribution >= 0.6 is 0 Å². The van der Waals surface area contributed by atoms with Crippen molar-refractivity contribution in [3.05, 3.63) is 53.5 Å². The molecule has 3 rings (SSSR count). The molecule has 0 atom stereocenters. The van der Waals surface area contributed by atoms with Crippen molar-refractivity contribution in [3.8, 4) is 0 Å². The standard InChI is InChI=1S/C12H4N2O8/c15-3-21-13-9(17)5-1-6-8(2-7(5)11(13)19)12(20)14(10(6)18)22-4-16/h1-4H. The van der Waals surface area contributed by atoms with Gasteiger partial charge < -0.3 is 9.68 Å². The molecule has 22 heavy (non-hydrogen) atoms. The van der Waals surface area contributed by atoms with Gasteiger partial charge in [-0.3, -0.25) is 28.8 Å². The lowest BCUT2D eigenvalue weighted by atomic mass is 10.1. The third-order valence-corrected chi connectivity index (χ3v) is 3.11. The quantitative estimate of drug-likeness (QED) is 0.468. The zero-order valence-corrected chi connectivity index (χ0v) is 10.5. The summed E-state index contributed by atoms with van der Waals surface area (Å²) in [5.74, 6) is 0. The molecule has 110 valence electrons. The minimum absolute atomic E-state index is 0.106. The monoisotopic (exact) mass is 304 g/mol. The summed E-state index contributed by atoms with van der Waals surface area (Å²) in [5, 5.41) is -0.834. The summed E-state index contributed by atoms with van der Waals surface area (Å²) in [6.07, 6.45) is 0. The van der Waals surface area contributed by atoms with Crippen LogP contribution in [0.3, 0.4) is 0 Å².